The number of guanidine groups is 1. The fourth-order valence-electron chi connectivity index (χ4n) is 1.58. The molecule has 0 bridgehead atoms. The average molecular weight is 393 g/mol. The summed E-state index contributed by atoms with van der Waals surface area (Å²) in [7, 11) is 1.81. The maximum absolute atomic E-state index is 4.21. The maximum atomic E-state index is 4.21. The van der Waals surface area contributed by atoms with E-state index >= 15 is 0 Å². The van der Waals surface area contributed by atoms with Gasteiger partial charge in [0.1, 0.15) is 0 Å². The zero-order valence-electron chi connectivity index (χ0n) is 11.7. The van der Waals surface area contributed by atoms with Gasteiger partial charge in [0.05, 0.1) is 0 Å². The van der Waals surface area contributed by atoms with Gasteiger partial charge in [0.15, 0.2) is 5.96 Å². The standard InChI is InChI=1S/C14H23N3S.HI/c1-15-14(16-10-6-7-11-18-2)17-12-13-8-4-3-5-9-13;/h3-5,8-9H,6-7,10-12H2,1-2H3,(H2,15,16,17);1H. The first kappa shape index (κ1) is 18.6. The molecule has 0 radical (unpaired) electrons. The van der Waals surface area contributed by atoms with Crippen LogP contribution in [0.5, 0.6) is 0 Å². The topological polar surface area (TPSA) is 36.4 Å². The molecule has 0 aliphatic carbocycles. The Balaban J connectivity index is 0.00000324. The van der Waals surface area contributed by atoms with Crippen LogP contribution in [0.15, 0.2) is 35.3 Å². The first-order valence-corrected chi connectivity index (χ1v) is 7.73. The second-order valence-corrected chi connectivity index (χ2v) is 5.02. The van der Waals surface area contributed by atoms with Crippen LogP contribution >= 0.6 is 35.7 Å². The van der Waals surface area contributed by atoms with E-state index < -0.39 is 0 Å². The van der Waals surface area contributed by atoms with Crippen molar-refractivity contribution >= 4 is 41.7 Å². The largest absolute Gasteiger partial charge is 0.356 e. The number of benzene rings is 1. The van der Waals surface area contributed by atoms with Gasteiger partial charge in [-0.25, -0.2) is 0 Å². The van der Waals surface area contributed by atoms with Gasteiger partial charge in [-0.05, 0) is 30.4 Å². The normalized spacial score (nSPS) is 10.7. The molecule has 1 rings (SSSR count). The fraction of sp³-hybridized carbons (Fsp3) is 0.500. The Morgan fingerprint density at radius 1 is 1.16 bits per heavy atom. The highest BCUT2D eigenvalue weighted by Crippen LogP contribution is 1.98. The van der Waals surface area contributed by atoms with Gasteiger partial charge in [0, 0.05) is 20.1 Å². The second kappa shape index (κ2) is 12.6. The number of nitrogens with zero attached hydrogens (tertiary/aromatic N) is 1. The van der Waals surface area contributed by atoms with Crippen molar-refractivity contribution in [2.75, 3.05) is 25.6 Å². The summed E-state index contributed by atoms with van der Waals surface area (Å²) in [5, 5.41) is 6.64. The van der Waals surface area contributed by atoms with E-state index in [1.807, 2.05) is 24.9 Å². The predicted octanol–water partition coefficient (Wildman–Crippen LogP) is 3.11. The Labute approximate surface area is 138 Å². The van der Waals surface area contributed by atoms with Crippen LogP contribution in [0, 0.1) is 0 Å². The van der Waals surface area contributed by atoms with E-state index in [0.29, 0.717) is 0 Å². The monoisotopic (exact) mass is 393 g/mol. The van der Waals surface area contributed by atoms with Crippen LogP contribution in [0.1, 0.15) is 18.4 Å². The van der Waals surface area contributed by atoms with Crippen LogP contribution in [-0.4, -0.2) is 31.6 Å². The Morgan fingerprint density at radius 3 is 2.53 bits per heavy atom. The van der Waals surface area contributed by atoms with Gasteiger partial charge in [0.25, 0.3) is 0 Å². The minimum atomic E-state index is 0. The summed E-state index contributed by atoms with van der Waals surface area (Å²) in [6.07, 6.45) is 4.59. The first-order valence-electron chi connectivity index (χ1n) is 6.34. The first-order chi connectivity index (χ1) is 8.86. The molecule has 0 amide bonds. The van der Waals surface area contributed by atoms with Crippen molar-refractivity contribution in [3.63, 3.8) is 0 Å². The maximum Gasteiger partial charge on any atom is 0.191 e. The Hall–Kier alpha value is -0.430. The van der Waals surface area contributed by atoms with Crippen LogP contribution in [-0.2, 0) is 6.54 Å². The van der Waals surface area contributed by atoms with E-state index in [4.69, 9.17) is 0 Å². The number of unbranched alkanes of at least 4 members (excludes halogenated alkanes) is 1. The molecule has 0 saturated carbocycles. The van der Waals surface area contributed by atoms with Gasteiger partial charge in [-0.1, -0.05) is 30.3 Å². The molecule has 0 atom stereocenters. The summed E-state index contributed by atoms with van der Waals surface area (Å²) in [6.45, 7) is 1.79. The van der Waals surface area contributed by atoms with Gasteiger partial charge in [0.2, 0.25) is 0 Å². The molecule has 0 unspecified atom stereocenters. The van der Waals surface area contributed by atoms with Gasteiger partial charge in [-0.2, -0.15) is 11.8 Å². The van der Waals surface area contributed by atoms with E-state index in [1.165, 1.54) is 24.2 Å². The molecule has 0 fully saturated rings. The van der Waals surface area contributed by atoms with Gasteiger partial charge in [-0.3, -0.25) is 4.99 Å². The van der Waals surface area contributed by atoms with Crippen LogP contribution in [0.3, 0.4) is 0 Å². The van der Waals surface area contributed by atoms with E-state index in [2.05, 4.69) is 46.1 Å². The summed E-state index contributed by atoms with van der Waals surface area (Å²) in [5.74, 6) is 2.11. The second-order valence-electron chi connectivity index (χ2n) is 4.04. The van der Waals surface area contributed by atoms with E-state index in [-0.39, 0.29) is 24.0 Å². The van der Waals surface area contributed by atoms with E-state index in [0.717, 1.165) is 19.0 Å². The molecule has 1 aromatic rings. The van der Waals surface area contributed by atoms with Gasteiger partial charge in [-0.15, -0.1) is 24.0 Å². The zero-order chi connectivity index (χ0) is 13.1. The smallest absolute Gasteiger partial charge is 0.191 e. The minimum Gasteiger partial charge on any atom is -0.356 e. The third-order valence-corrected chi connectivity index (χ3v) is 3.29. The molecule has 5 heteroatoms. The summed E-state index contributed by atoms with van der Waals surface area (Å²) in [6, 6.07) is 10.4. The quantitative estimate of drug-likeness (QED) is 0.324. The van der Waals surface area contributed by atoms with Crippen molar-refractivity contribution in [3.05, 3.63) is 35.9 Å². The number of hydrogen-bond acceptors (Lipinski definition) is 2. The Bertz CT molecular complexity index is 344. The lowest BCUT2D eigenvalue weighted by molar-refractivity contribution is 0.733. The third kappa shape index (κ3) is 9.15. The van der Waals surface area contributed by atoms with Gasteiger partial charge >= 0.3 is 0 Å². The molecule has 2 N–H and O–H groups in total. The van der Waals surface area contributed by atoms with Crippen LogP contribution < -0.4 is 10.6 Å². The number of rotatable bonds is 7. The molecule has 0 saturated heterocycles. The number of hydrogen-bond donors (Lipinski definition) is 2. The number of aliphatic imine (C=N–C) groups is 1. The molecule has 19 heavy (non-hydrogen) atoms. The van der Waals surface area contributed by atoms with E-state index in [9.17, 15) is 0 Å². The molecule has 0 aliphatic heterocycles. The zero-order valence-corrected chi connectivity index (χ0v) is 14.8. The highest BCUT2D eigenvalue weighted by Gasteiger charge is 1.97. The van der Waals surface area contributed by atoms with Crippen molar-refractivity contribution in [1.29, 1.82) is 0 Å². The summed E-state index contributed by atoms with van der Waals surface area (Å²) < 4.78 is 0. The third-order valence-electron chi connectivity index (χ3n) is 2.59. The Morgan fingerprint density at radius 2 is 1.89 bits per heavy atom. The van der Waals surface area contributed by atoms with Crippen LogP contribution in [0.2, 0.25) is 0 Å². The van der Waals surface area contributed by atoms with Crippen molar-refractivity contribution in [1.82, 2.24) is 10.6 Å². The number of nitrogens with one attached hydrogen (secondary N) is 2. The summed E-state index contributed by atoms with van der Waals surface area (Å²) >= 11 is 1.90. The van der Waals surface area contributed by atoms with Crippen molar-refractivity contribution in [2.24, 2.45) is 4.99 Å². The highest BCUT2D eigenvalue weighted by molar-refractivity contribution is 14.0. The molecular weight excluding hydrogens is 369 g/mol. The lowest BCUT2D eigenvalue weighted by Gasteiger charge is -2.11. The molecular formula is C14H24IN3S. The average Bonchev–Trinajstić information content (AvgIpc) is 2.43. The fourth-order valence-corrected chi connectivity index (χ4v) is 2.07. The SMILES string of the molecule is CN=C(NCCCCSC)NCc1ccccc1.I. The molecule has 0 aromatic heterocycles. The molecule has 108 valence electrons. The van der Waals surface area contributed by atoms with Crippen molar-refractivity contribution < 1.29 is 0 Å². The van der Waals surface area contributed by atoms with E-state index in [1.54, 1.807) is 0 Å². The molecule has 0 heterocycles. The summed E-state index contributed by atoms with van der Waals surface area (Å²) in [5.41, 5.74) is 1.27. The molecule has 0 spiro atoms. The lowest BCUT2D eigenvalue weighted by Crippen LogP contribution is -2.37. The van der Waals surface area contributed by atoms with Crippen molar-refractivity contribution in [3.8, 4) is 0 Å². The van der Waals surface area contributed by atoms with Crippen LogP contribution in [0.4, 0.5) is 0 Å². The van der Waals surface area contributed by atoms with Crippen molar-refractivity contribution in [2.45, 2.75) is 19.4 Å². The minimum absolute atomic E-state index is 0. The molecule has 3 nitrogen and oxygen atoms in total. The lowest BCUT2D eigenvalue weighted by atomic mass is 10.2. The van der Waals surface area contributed by atoms with Gasteiger partial charge < -0.3 is 10.6 Å². The summed E-state index contributed by atoms with van der Waals surface area (Å²) in [4.78, 5) is 4.21. The number of halogens is 1. The number of thioether (sulfide) groups is 1. The molecule has 0 aliphatic rings. The predicted molar refractivity (Wildman–Crippen MR) is 97.7 cm³/mol. The van der Waals surface area contributed by atoms with Crippen LogP contribution in [0.25, 0.3) is 0 Å². The Kier molecular flexibility index (Phi) is 12.3. The highest BCUT2D eigenvalue weighted by atomic mass is 127. The molecule has 1 aromatic carbocycles.